The van der Waals surface area contributed by atoms with Crippen LogP contribution in [0, 0.1) is 6.92 Å². The molecule has 0 aromatic heterocycles. The minimum absolute atomic E-state index is 0.250. The third-order valence-corrected chi connectivity index (χ3v) is 1.19. The molecule has 0 saturated heterocycles. The Hall–Kier alpha value is -1.51. The molecular weight excluding hydrogens is 142 g/mol. The zero-order valence-corrected chi connectivity index (χ0v) is 6.32. The standard InChI is InChI=1S/C7H9N.CH2O2/c1-6-4-2-3-5-7(6)8;2-1-3/h2-5H,8H2,1H3;1H,(H,2,3). The lowest BCUT2D eigenvalue weighted by Gasteiger charge is -1.93. The maximum atomic E-state index is 8.36. The van der Waals surface area contributed by atoms with E-state index in [9.17, 15) is 0 Å². The fraction of sp³-hybridized carbons (Fsp3) is 0.125. The van der Waals surface area contributed by atoms with Gasteiger partial charge in [0.15, 0.2) is 0 Å². The van der Waals surface area contributed by atoms with Crippen molar-refractivity contribution in [1.82, 2.24) is 0 Å². The average Bonchev–Trinajstić information content (AvgIpc) is 1.97. The Labute approximate surface area is 65.5 Å². The van der Waals surface area contributed by atoms with E-state index in [-0.39, 0.29) is 6.47 Å². The van der Waals surface area contributed by atoms with Gasteiger partial charge in [-0.25, -0.2) is 0 Å². The second kappa shape index (κ2) is 5.29. The summed E-state index contributed by atoms with van der Waals surface area (Å²) in [6.45, 7) is 1.75. The fourth-order valence-electron chi connectivity index (χ4n) is 0.587. The highest BCUT2D eigenvalue weighted by Crippen LogP contribution is 2.06. The van der Waals surface area contributed by atoms with Crippen LogP contribution in [0.15, 0.2) is 24.3 Å². The lowest BCUT2D eigenvalue weighted by Crippen LogP contribution is -1.85. The molecule has 60 valence electrons. The zero-order chi connectivity index (χ0) is 8.69. The van der Waals surface area contributed by atoms with Crippen LogP contribution in [0.25, 0.3) is 0 Å². The summed E-state index contributed by atoms with van der Waals surface area (Å²) in [4.78, 5) is 8.36. The molecule has 0 atom stereocenters. The Morgan fingerprint density at radius 2 is 1.91 bits per heavy atom. The van der Waals surface area contributed by atoms with E-state index in [1.165, 1.54) is 0 Å². The van der Waals surface area contributed by atoms with Crippen molar-refractivity contribution in [2.45, 2.75) is 6.92 Å². The molecule has 0 aliphatic carbocycles. The van der Waals surface area contributed by atoms with Crippen LogP contribution in [-0.2, 0) is 4.79 Å². The first-order chi connectivity index (χ1) is 5.22. The Bertz CT molecular complexity index is 202. The Morgan fingerprint density at radius 1 is 1.45 bits per heavy atom. The first kappa shape index (κ1) is 9.49. The Kier molecular flexibility index (Phi) is 4.56. The van der Waals surface area contributed by atoms with Gasteiger partial charge in [-0.1, -0.05) is 18.2 Å². The van der Waals surface area contributed by atoms with Crippen molar-refractivity contribution in [3.05, 3.63) is 29.8 Å². The number of anilines is 1. The summed E-state index contributed by atoms with van der Waals surface area (Å²) in [7, 11) is 0. The molecule has 0 radical (unpaired) electrons. The van der Waals surface area contributed by atoms with Gasteiger partial charge in [-0.2, -0.15) is 0 Å². The zero-order valence-electron chi connectivity index (χ0n) is 6.32. The number of para-hydroxylation sites is 1. The molecule has 0 spiro atoms. The fourth-order valence-corrected chi connectivity index (χ4v) is 0.587. The molecule has 0 amide bonds. The lowest BCUT2D eigenvalue weighted by molar-refractivity contribution is -0.122. The summed E-state index contributed by atoms with van der Waals surface area (Å²) in [6.07, 6.45) is 0. The average molecular weight is 153 g/mol. The summed E-state index contributed by atoms with van der Waals surface area (Å²) >= 11 is 0. The Balaban J connectivity index is 0.000000292. The number of nitrogen functional groups attached to an aromatic ring is 1. The molecule has 0 unspecified atom stereocenters. The summed E-state index contributed by atoms with van der Waals surface area (Å²) in [5, 5.41) is 6.89. The normalized spacial score (nSPS) is 7.73. The topological polar surface area (TPSA) is 63.3 Å². The number of aryl methyl sites for hydroxylation is 1. The van der Waals surface area contributed by atoms with Crippen molar-refractivity contribution < 1.29 is 9.90 Å². The number of hydrogen-bond donors (Lipinski definition) is 2. The molecule has 1 aromatic carbocycles. The lowest BCUT2D eigenvalue weighted by atomic mass is 10.2. The van der Waals surface area contributed by atoms with Crippen molar-refractivity contribution in [3.63, 3.8) is 0 Å². The molecule has 0 aliphatic heterocycles. The van der Waals surface area contributed by atoms with Crippen LogP contribution in [0.1, 0.15) is 5.56 Å². The van der Waals surface area contributed by atoms with E-state index in [0.29, 0.717) is 0 Å². The number of rotatable bonds is 0. The maximum absolute atomic E-state index is 8.36. The molecule has 0 bridgehead atoms. The van der Waals surface area contributed by atoms with Gasteiger partial charge in [0.2, 0.25) is 0 Å². The number of carbonyl (C=O) groups is 1. The quantitative estimate of drug-likeness (QED) is 0.436. The van der Waals surface area contributed by atoms with Crippen molar-refractivity contribution in [1.29, 1.82) is 0 Å². The van der Waals surface area contributed by atoms with Gasteiger partial charge < -0.3 is 10.8 Å². The minimum Gasteiger partial charge on any atom is -0.483 e. The second-order valence-electron chi connectivity index (χ2n) is 1.96. The number of nitrogens with two attached hydrogens (primary N) is 1. The van der Waals surface area contributed by atoms with Gasteiger partial charge >= 0.3 is 0 Å². The molecule has 0 heterocycles. The van der Waals surface area contributed by atoms with Crippen molar-refractivity contribution in [2.24, 2.45) is 0 Å². The van der Waals surface area contributed by atoms with Gasteiger partial charge in [0.05, 0.1) is 0 Å². The van der Waals surface area contributed by atoms with E-state index in [2.05, 4.69) is 0 Å². The number of hydrogen-bond acceptors (Lipinski definition) is 2. The van der Waals surface area contributed by atoms with E-state index in [0.717, 1.165) is 11.3 Å². The molecule has 3 N–H and O–H groups in total. The highest BCUT2D eigenvalue weighted by molar-refractivity contribution is 5.44. The van der Waals surface area contributed by atoms with E-state index in [4.69, 9.17) is 15.6 Å². The van der Waals surface area contributed by atoms with E-state index in [1.807, 2.05) is 31.2 Å². The van der Waals surface area contributed by atoms with Crippen molar-refractivity contribution >= 4 is 12.2 Å². The van der Waals surface area contributed by atoms with Gasteiger partial charge in [0, 0.05) is 5.69 Å². The monoisotopic (exact) mass is 153 g/mol. The van der Waals surface area contributed by atoms with Crippen LogP contribution < -0.4 is 5.73 Å². The number of carboxylic acid groups (broad SMARTS) is 1. The van der Waals surface area contributed by atoms with E-state index in [1.54, 1.807) is 0 Å². The summed E-state index contributed by atoms with van der Waals surface area (Å²) in [6, 6.07) is 7.80. The van der Waals surface area contributed by atoms with Gasteiger partial charge in [-0.15, -0.1) is 0 Å². The molecule has 1 rings (SSSR count). The van der Waals surface area contributed by atoms with Gasteiger partial charge in [0.25, 0.3) is 6.47 Å². The summed E-state index contributed by atoms with van der Waals surface area (Å²) < 4.78 is 0. The minimum atomic E-state index is -0.250. The third kappa shape index (κ3) is 3.97. The van der Waals surface area contributed by atoms with Crippen LogP contribution in [0.4, 0.5) is 5.69 Å². The second-order valence-corrected chi connectivity index (χ2v) is 1.96. The van der Waals surface area contributed by atoms with Crippen LogP contribution in [-0.4, -0.2) is 11.6 Å². The third-order valence-electron chi connectivity index (χ3n) is 1.19. The SMILES string of the molecule is Cc1ccccc1N.O=CO. The van der Waals surface area contributed by atoms with Gasteiger partial charge in [0.1, 0.15) is 0 Å². The molecule has 3 nitrogen and oxygen atoms in total. The maximum Gasteiger partial charge on any atom is 0.290 e. The Morgan fingerprint density at radius 3 is 2.18 bits per heavy atom. The van der Waals surface area contributed by atoms with Crippen LogP contribution in [0.2, 0.25) is 0 Å². The number of benzene rings is 1. The first-order valence-electron chi connectivity index (χ1n) is 3.11. The highest BCUT2D eigenvalue weighted by Gasteiger charge is 1.84. The molecule has 0 aliphatic rings. The molecule has 3 heteroatoms. The predicted octanol–water partition coefficient (Wildman–Crippen LogP) is 1.28. The van der Waals surface area contributed by atoms with Gasteiger partial charge in [-0.3, -0.25) is 4.79 Å². The van der Waals surface area contributed by atoms with E-state index < -0.39 is 0 Å². The van der Waals surface area contributed by atoms with Crippen molar-refractivity contribution in [2.75, 3.05) is 5.73 Å². The smallest absolute Gasteiger partial charge is 0.290 e. The molecule has 0 saturated carbocycles. The van der Waals surface area contributed by atoms with Gasteiger partial charge in [-0.05, 0) is 18.6 Å². The molecule has 0 fully saturated rings. The van der Waals surface area contributed by atoms with Crippen molar-refractivity contribution in [3.8, 4) is 0 Å². The van der Waals surface area contributed by atoms with Crippen LogP contribution in [0.3, 0.4) is 0 Å². The summed E-state index contributed by atoms with van der Waals surface area (Å²) in [5.41, 5.74) is 7.53. The molecule has 1 aromatic rings. The first-order valence-corrected chi connectivity index (χ1v) is 3.11. The van der Waals surface area contributed by atoms with Crippen LogP contribution in [0.5, 0.6) is 0 Å². The van der Waals surface area contributed by atoms with E-state index >= 15 is 0 Å². The molecule has 11 heavy (non-hydrogen) atoms. The largest absolute Gasteiger partial charge is 0.483 e. The predicted molar refractivity (Wildman–Crippen MR) is 44.3 cm³/mol. The van der Waals surface area contributed by atoms with Crippen LogP contribution >= 0.6 is 0 Å². The summed E-state index contributed by atoms with van der Waals surface area (Å²) in [5.74, 6) is 0. The highest BCUT2D eigenvalue weighted by atomic mass is 16.3. The molecular formula is C8H11NO2.